The highest BCUT2D eigenvalue weighted by Crippen LogP contribution is 2.53. The Balaban J connectivity index is 1.54. The van der Waals surface area contributed by atoms with E-state index in [1.54, 1.807) is 0 Å². The van der Waals surface area contributed by atoms with Crippen LogP contribution in [0, 0.1) is 0 Å². The summed E-state index contributed by atoms with van der Waals surface area (Å²) in [5.41, 5.74) is 4.37. The van der Waals surface area contributed by atoms with Crippen molar-refractivity contribution in [3.63, 3.8) is 0 Å². The van der Waals surface area contributed by atoms with E-state index in [0.717, 1.165) is 84.5 Å². The average Bonchev–Trinajstić information content (AvgIpc) is 1.58. The van der Waals surface area contributed by atoms with Gasteiger partial charge >= 0.3 is 14.2 Å². The van der Waals surface area contributed by atoms with Crippen LogP contribution in [0.5, 0.6) is 0 Å². The third-order valence-corrected chi connectivity index (χ3v) is 25.9. The fourth-order valence-corrected chi connectivity index (χ4v) is 19.1. The molecule has 2 saturated heterocycles. The van der Waals surface area contributed by atoms with Crippen LogP contribution in [-0.2, 0) is 18.6 Å². The quantitative estimate of drug-likeness (QED) is 0.0416. The van der Waals surface area contributed by atoms with Crippen molar-refractivity contribution in [2.75, 3.05) is 0 Å². The van der Waals surface area contributed by atoms with Crippen molar-refractivity contribution in [3.05, 3.63) is 47.5 Å². The Morgan fingerprint density at radius 3 is 0.500 bits per heavy atom. The molecule has 0 atom stereocenters. The molecule has 1 aliphatic carbocycles. The molecule has 2 fully saturated rings. The molecule has 2 heterocycles. The van der Waals surface area contributed by atoms with Crippen LogP contribution in [0.2, 0.25) is 0 Å². The molecule has 598 valence electrons. The third kappa shape index (κ3) is 34.0. The molecular formula is C97H174B2O5. The standard InChI is InChI=1S/C97H174B2O5/c1-9-17-25-33-41-49-57-65-77-94(78-66-58-50-42-34-26-18-10-2)95(79-67-59-51-43-35-27-19-11-3,80-68-60-52-44-36-28-20-12-4)102-98(101-94)87-73-75-89-90-76-74-88(86-92(90)93(100)91(89)85-87)99-103-96(81-69-61-53-45-37-29-21-13-5,82-70-62-54-46-38-30-22-14-6)97(104-99,83-71-63-55-47-39-31-23-15-7)84-72-64-56-48-40-32-24-16-8/h73-76,85-86H,9-72,77-84H2,1-8H3. The lowest BCUT2D eigenvalue weighted by atomic mass is 9.70. The highest BCUT2D eigenvalue weighted by atomic mass is 16.7. The molecule has 0 saturated carbocycles. The van der Waals surface area contributed by atoms with E-state index in [-0.39, 0.29) is 28.2 Å². The summed E-state index contributed by atoms with van der Waals surface area (Å²) >= 11 is 0. The maximum atomic E-state index is 15.7. The second-order valence-corrected chi connectivity index (χ2v) is 34.9. The van der Waals surface area contributed by atoms with Gasteiger partial charge in [-0.2, -0.15) is 0 Å². The monoisotopic (exact) mass is 1440 g/mol. The van der Waals surface area contributed by atoms with Crippen LogP contribution < -0.4 is 10.9 Å². The summed E-state index contributed by atoms with van der Waals surface area (Å²) < 4.78 is 32.0. The van der Waals surface area contributed by atoms with Gasteiger partial charge in [0.2, 0.25) is 0 Å². The van der Waals surface area contributed by atoms with Gasteiger partial charge in [-0.25, -0.2) is 0 Å². The summed E-state index contributed by atoms with van der Waals surface area (Å²) in [6.07, 6.45) is 92.9. The number of hydrogen-bond acceptors (Lipinski definition) is 5. The first-order valence-electron chi connectivity index (χ1n) is 47.8. The van der Waals surface area contributed by atoms with Crippen molar-refractivity contribution in [1.29, 1.82) is 0 Å². The van der Waals surface area contributed by atoms with Crippen molar-refractivity contribution in [3.8, 4) is 11.1 Å². The maximum Gasteiger partial charge on any atom is 0.494 e. The number of hydrogen-bond donors (Lipinski definition) is 0. The van der Waals surface area contributed by atoms with Crippen molar-refractivity contribution >= 4 is 30.9 Å². The Kier molecular flexibility index (Phi) is 52.5. The maximum absolute atomic E-state index is 15.7. The molecule has 0 amide bonds. The summed E-state index contributed by atoms with van der Waals surface area (Å²) in [4.78, 5) is 15.7. The number of carbonyl (C=O) groups is 1. The molecule has 2 aromatic rings. The largest absolute Gasteiger partial charge is 0.494 e. The van der Waals surface area contributed by atoms with E-state index >= 15 is 4.79 Å². The van der Waals surface area contributed by atoms with Gasteiger partial charge in [-0.05, 0) is 73.4 Å². The molecule has 7 heteroatoms. The SMILES string of the molecule is CCCCCCCCCCC1(CCCCCCCCCC)OB(c2ccc3c(c2)C(=O)c2cc(B4OC(CCCCCCCCCC)(CCCCCCCCCC)C(CCCCCCCCCC)(CCCCCCCCCC)O4)ccc2-3)OC1(CCCCCCCCCC)CCCCCCCCCC. The summed E-state index contributed by atoms with van der Waals surface area (Å²) in [7, 11) is -0.992. The van der Waals surface area contributed by atoms with Crippen LogP contribution in [0.25, 0.3) is 11.1 Å². The van der Waals surface area contributed by atoms with Crippen molar-refractivity contribution in [2.45, 2.75) is 540 Å². The van der Waals surface area contributed by atoms with E-state index in [9.17, 15) is 0 Å². The van der Waals surface area contributed by atoms with Gasteiger partial charge in [0.1, 0.15) is 0 Å². The zero-order valence-corrected chi connectivity index (χ0v) is 71.1. The molecule has 2 aromatic carbocycles. The first-order chi connectivity index (χ1) is 51.2. The highest BCUT2D eigenvalue weighted by molar-refractivity contribution is 6.63. The van der Waals surface area contributed by atoms with Crippen LogP contribution in [0.4, 0.5) is 0 Å². The fraction of sp³-hybridized carbons (Fsp3) is 0.866. The van der Waals surface area contributed by atoms with E-state index in [4.69, 9.17) is 18.6 Å². The van der Waals surface area contributed by atoms with Crippen LogP contribution in [0.1, 0.15) is 534 Å². The van der Waals surface area contributed by atoms with Gasteiger partial charge in [-0.15, -0.1) is 0 Å². The zero-order valence-electron chi connectivity index (χ0n) is 71.1. The number of benzene rings is 2. The predicted molar refractivity (Wildman–Crippen MR) is 459 cm³/mol. The molecule has 0 N–H and O–H groups in total. The minimum absolute atomic E-state index is 0.135. The number of carbonyl (C=O) groups excluding carboxylic acids is 1. The molecule has 0 radical (unpaired) electrons. The molecule has 0 bridgehead atoms. The number of fused-ring (bicyclic) bond motifs is 3. The molecular weight excluding hydrogens is 1270 g/mol. The number of ketones is 1. The predicted octanol–water partition coefficient (Wildman–Crippen LogP) is 31.6. The average molecular weight is 1440 g/mol. The molecule has 2 aliphatic heterocycles. The van der Waals surface area contributed by atoms with E-state index < -0.39 is 14.2 Å². The first-order valence-corrected chi connectivity index (χ1v) is 47.8. The second-order valence-electron chi connectivity index (χ2n) is 34.9. The lowest BCUT2D eigenvalue weighted by Crippen LogP contribution is -2.52. The summed E-state index contributed by atoms with van der Waals surface area (Å²) in [6.45, 7) is 18.7. The van der Waals surface area contributed by atoms with E-state index in [1.165, 1.54) is 411 Å². The van der Waals surface area contributed by atoms with Gasteiger partial charge in [0, 0.05) is 11.1 Å². The molecule has 0 aromatic heterocycles. The van der Waals surface area contributed by atoms with E-state index in [1.807, 2.05) is 0 Å². The van der Waals surface area contributed by atoms with Crippen LogP contribution >= 0.6 is 0 Å². The van der Waals surface area contributed by atoms with Crippen molar-refractivity contribution < 1.29 is 23.4 Å². The Morgan fingerprint density at radius 2 is 0.346 bits per heavy atom. The topological polar surface area (TPSA) is 54.0 Å². The Hall–Kier alpha value is -1.92. The molecule has 3 aliphatic rings. The van der Waals surface area contributed by atoms with Gasteiger partial charge in [0.25, 0.3) is 0 Å². The highest BCUT2D eigenvalue weighted by Gasteiger charge is 2.62. The van der Waals surface area contributed by atoms with Crippen LogP contribution in [0.15, 0.2) is 36.4 Å². The lowest BCUT2D eigenvalue weighted by molar-refractivity contribution is -0.0770. The van der Waals surface area contributed by atoms with E-state index in [0.29, 0.717) is 0 Å². The molecule has 0 spiro atoms. The van der Waals surface area contributed by atoms with Crippen LogP contribution in [0.3, 0.4) is 0 Å². The smallest absolute Gasteiger partial charge is 0.399 e. The van der Waals surface area contributed by atoms with Crippen molar-refractivity contribution in [2.24, 2.45) is 0 Å². The fourth-order valence-electron chi connectivity index (χ4n) is 19.1. The molecule has 5 nitrogen and oxygen atoms in total. The number of rotatable bonds is 74. The Bertz CT molecular complexity index is 2020. The van der Waals surface area contributed by atoms with Gasteiger partial charge in [-0.3, -0.25) is 4.79 Å². The van der Waals surface area contributed by atoms with E-state index in [2.05, 4.69) is 91.8 Å². The van der Waals surface area contributed by atoms with Gasteiger partial charge < -0.3 is 18.6 Å². The molecule has 104 heavy (non-hydrogen) atoms. The third-order valence-electron chi connectivity index (χ3n) is 25.9. The Morgan fingerprint density at radius 1 is 0.202 bits per heavy atom. The number of unbranched alkanes of at least 4 members (excludes halogenated alkanes) is 56. The first kappa shape index (κ1) is 92.7. The Labute approximate surface area is 649 Å². The van der Waals surface area contributed by atoms with Gasteiger partial charge in [-0.1, -0.05) is 503 Å². The molecule has 0 unspecified atom stereocenters. The minimum atomic E-state index is -0.496. The zero-order chi connectivity index (χ0) is 74.2. The normalized spacial score (nSPS) is 15.7. The second kappa shape index (κ2) is 58.9. The summed E-state index contributed by atoms with van der Waals surface area (Å²) in [6, 6.07) is 13.6. The summed E-state index contributed by atoms with van der Waals surface area (Å²) in [5.74, 6) is 0.135. The summed E-state index contributed by atoms with van der Waals surface area (Å²) in [5, 5.41) is 0. The van der Waals surface area contributed by atoms with Crippen LogP contribution in [-0.4, -0.2) is 42.4 Å². The van der Waals surface area contributed by atoms with Gasteiger partial charge in [0.05, 0.1) is 22.4 Å². The minimum Gasteiger partial charge on any atom is -0.399 e. The van der Waals surface area contributed by atoms with Gasteiger partial charge in [0.15, 0.2) is 5.78 Å². The molecule has 5 rings (SSSR count). The lowest BCUT2D eigenvalue weighted by Gasteiger charge is -2.46. The van der Waals surface area contributed by atoms with Crippen molar-refractivity contribution in [1.82, 2.24) is 0 Å².